The molecule has 0 aliphatic heterocycles. The first-order chi connectivity index (χ1) is 11.9. The van der Waals surface area contributed by atoms with Gasteiger partial charge in [-0.1, -0.05) is 31.5 Å². The van der Waals surface area contributed by atoms with E-state index < -0.39 is 0 Å². The lowest BCUT2D eigenvalue weighted by atomic mass is 9.95. The molecule has 2 heterocycles. The Bertz CT molecular complexity index is 930. The van der Waals surface area contributed by atoms with Crippen LogP contribution in [-0.2, 0) is 0 Å². The first kappa shape index (κ1) is 17.7. The highest BCUT2D eigenvalue weighted by molar-refractivity contribution is 5.86. The molecule has 0 saturated heterocycles. The van der Waals surface area contributed by atoms with Gasteiger partial charge in [-0.25, -0.2) is 9.97 Å². The highest BCUT2D eigenvalue weighted by Gasteiger charge is 2.22. The Morgan fingerprint density at radius 2 is 1.64 bits per heavy atom. The minimum Gasteiger partial charge on any atom is -0.298 e. The van der Waals surface area contributed by atoms with Crippen molar-refractivity contribution in [3.63, 3.8) is 0 Å². The molecule has 0 N–H and O–H groups in total. The predicted molar refractivity (Wildman–Crippen MR) is 106 cm³/mol. The zero-order chi connectivity index (χ0) is 18.3. The Labute approximate surface area is 151 Å². The van der Waals surface area contributed by atoms with Crippen molar-refractivity contribution in [1.29, 1.82) is 0 Å². The Kier molecular flexibility index (Phi) is 4.68. The lowest BCUT2D eigenvalue weighted by Crippen LogP contribution is -2.06. The number of fused-ring (bicyclic) bond motifs is 1. The molecule has 25 heavy (non-hydrogen) atoms. The Morgan fingerprint density at radius 3 is 2.24 bits per heavy atom. The van der Waals surface area contributed by atoms with Crippen molar-refractivity contribution in [2.45, 2.75) is 67.2 Å². The molecule has 3 nitrogen and oxygen atoms in total. The van der Waals surface area contributed by atoms with Crippen molar-refractivity contribution in [3.05, 3.63) is 52.1 Å². The number of rotatable bonds is 4. The summed E-state index contributed by atoms with van der Waals surface area (Å²) in [7, 11) is 0. The minimum atomic E-state index is 0.484. The maximum atomic E-state index is 4.86. The molecule has 0 saturated carbocycles. The molecule has 0 unspecified atom stereocenters. The average molecular weight is 335 g/mol. The van der Waals surface area contributed by atoms with Gasteiger partial charge < -0.3 is 0 Å². The lowest BCUT2D eigenvalue weighted by molar-refractivity contribution is 0.625. The summed E-state index contributed by atoms with van der Waals surface area (Å²) in [5, 5.41) is 1.25. The van der Waals surface area contributed by atoms with E-state index in [1.54, 1.807) is 0 Å². The number of benzene rings is 1. The fraction of sp³-hybridized carbons (Fsp3) is 0.455. The molecule has 3 heteroatoms. The van der Waals surface area contributed by atoms with Crippen LogP contribution in [0.5, 0.6) is 0 Å². The van der Waals surface area contributed by atoms with Gasteiger partial charge in [0, 0.05) is 17.0 Å². The number of hydrogen-bond donors (Lipinski definition) is 0. The van der Waals surface area contributed by atoms with Gasteiger partial charge in [-0.05, 0) is 64.7 Å². The molecular formula is C22H29N3. The van der Waals surface area contributed by atoms with Crippen molar-refractivity contribution in [1.82, 2.24) is 14.5 Å². The third-order valence-electron chi connectivity index (χ3n) is 5.46. The van der Waals surface area contributed by atoms with Gasteiger partial charge in [0.1, 0.15) is 11.5 Å². The van der Waals surface area contributed by atoms with E-state index in [1.807, 2.05) is 6.92 Å². The second kappa shape index (κ2) is 6.62. The topological polar surface area (TPSA) is 30.7 Å². The summed E-state index contributed by atoms with van der Waals surface area (Å²) < 4.78 is 2.32. The zero-order valence-corrected chi connectivity index (χ0v) is 16.6. The van der Waals surface area contributed by atoms with Gasteiger partial charge >= 0.3 is 0 Å². The molecule has 1 aromatic carbocycles. The molecule has 3 rings (SSSR count). The van der Waals surface area contributed by atoms with E-state index in [9.17, 15) is 0 Å². The van der Waals surface area contributed by atoms with Gasteiger partial charge in [-0.3, -0.25) is 4.57 Å². The van der Waals surface area contributed by atoms with E-state index >= 15 is 0 Å². The number of aryl methyl sites for hydroxylation is 4. The van der Waals surface area contributed by atoms with Crippen LogP contribution in [-0.4, -0.2) is 14.5 Å². The van der Waals surface area contributed by atoms with E-state index in [-0.39, 0.29) is 0 Å². The van der Waals surface area contributed by atoms with Gasteiger partial charge in [0.05, 0.1) is 11.4 Å². The van der Waals surface area contributed by atoms with Crippen LogP contribution in [0, 0.1) is 34.6 Å². The maximum absolute atomic E-state index is 4.86. The molecule has 0 fully saturated rings. The molecule has 0 aliphatic carbocycles. The van der Waals surface area contributed by atoms with Gasteiger partial charge in [0.2, 0.25) is 0 Å². The summed E-state index contributed by atoms with van der Waals surface area (Å²) in [6.07, 6.45) is 2.21. The Morgan fingerprint density at radius 1 is 0.960 bits per heavy atom. The molecule has 0 spiro atoms. The van der Waals surface area contributed by atoms with Crippen LogP contribution >= 0.6 is 0 Å². The third kappa shape index (κ3) is 2.86. The summed E-state index contributed by atoms with van der Waals surface area (Å²) >= 11 is 0. The SMILES string of the molecule is CCC(CC)c1nc(C)nc2c1c(C)c(C)n2-c1ccc(C)cc1C. The van der Waals surface area contributed by atoms with E-state index in [4.69, 9.17) is 9.97 Å². The maximum Gasteiger partial charge on any atom is 0.148 e. The summed E-state index contributed by atoms with van der Waals surface area (Å²) in [4.78, 5) is 9.73. The van der Waals surface area contributed by atoms with Crippen LogP contribution in [0.1, 0.15) is 66.5 Å². The lowest BCUT2D eigenvalue weighted by Gasteiger charge is -2.15. The van der Waals surface area contributed by atoms with E-state index in [0.29, 0.717) is 5.92 Å². The quantitative estimate of drug-likeness (QED) is 0.597. The monoisotopic (exact) mass is 335 g/mol. The number of hydrogen-bond acceptors (Lipinski definition) is 2. The normalized spacial score (nSPS) is 11.7. The molecule has 0 aliphatic rings. The predicted octanol–water partition coefficient (Wildman–Crippen LogP) is 5.87. The van der Waals surface area contributed by atoms with Crippen molar-refractivity contribution in [2.75, 3.05) is 0 Å². The van der Waals surface area contributed by atoms with Crippen LogP contribution in [0.2, 0.25) is 0 Å². The fourth-order valence-corrected chi connectivity index (χ4v) is 3.93. The van der Waals surface area contributed by atoms with Crippen molar-refractivity contribution in [2.24, 2.45) is 0 Å². The van der Waals surface area contributed by atoms with Crippen LogP contribution < -0.4 is 0 Å². The van der Waals surface area contributed by atoms with Gasteiger partial charge in [-0.15, -0.1) is 0 Å². The fourth-order valence-electron chi connectivity index (χ4n) is 3.93. The molecule has 132 valence electrons. The first-order valence-electron chi connectivity index (χ1n) is 9.32. The van der Waals surface area contributed by atoms with Gasteiger partial charge in [-0.2, -0.15) is 0 Å². The van der Waals surface area contributed by atoms with Crippen LogP contribution in [0.3, 0.4) is 0 Å². The molecule has 0 amide bonds. The molecule has 0 radical (unpaired) electrons. The third-order valence-corrected chi connectivity index (χ3v) is 5.46. The summed E-state index contributed by atoms with van der Waals surface area (Å²) in [6.45, 7) is 15.2. The van der Waals surface area contributed by atoms with Crippen molar-refractivity contribution >= 4 is 11.0 Å². The van der Waals surface area contributed by atoms with Crippen LogP contribution in [0.4, 0.5) is 0 Å². The Balaban J connectivity index is 2.40. The van der Waals surface area contributed by atoms with Crippen LogP contribution in [0.25, 0.3) is 16.7 Å². The zero-order valence-electron chi connectivity index (χ0n) is 16.6. The minimum absolute atomic E-state index is 0.484. The summed E-state index contributed by atoms with van der Waals surface area (Å²) in [5.74, 6) is 1.34. The molecule has 0 bridgehead atoms. The molecular weight excluding hydrogens is 306 g/mol. The van der Waals surface area contributed by atoms with Gasteiger partial charge in [0.15, 0.2) is 0 Å². The second-order valence-corrected chi connectivity index (χ2v) is 7.20. The van der Waals surface area contributed by atoms with Crippen molar-refractivity contribution < 1.29 is 0 Å². The molecule has 2 aromatic heterocycles. The van der Waals surface area contributed by atoms with Crippen molar-refractivity contribution in [3.8, 4) is 5.69 Å². The number of aromatic nitrogens is 3. The largest absolute Gasteiger partial charge is 0.298 e. The Hall–Kier alpha value is -2.16. The average Bonchev–Trinajstić information content (AvgIpc) is 2.80. The van der Waals surface area contributed by atoms with Crippen LogP contribution in [0.15, 0.2) is 18.2 Å². The van der Waals surface area contributed by atoms with Gasteiger partial charge in [0.25, 0.3) is 0 Å². The molecule has 0 atom stereocenters. The highest BCUT2D eigenvalue weighted by Crippen LogP contribution is 2.35. The number of nitrogens with zero attached hydrogens (tertiary/aromatic N) is 3. The standard InChI is InChI=1S/C22H29N3/c1-8-18(9-2)21-20-15(5)16(6)25(22(20)24-17(7)23-21)19-11-10-13(3)12-14(19)4/h10-12,18H,8-9H2,1-7H3. The van der Waals surface area contributed by atoms with E-state index in [1.165, 1.54) is 39.2 Å². The first-order valence-corrected chi connectivity index (χ1v) is 9.32. The highest BCUT2D eigenvalue weighted by atomic mass is 15.1. The summed E-state index contributed by atoms with van der Waals surface area (Å²) in [5.41, 5.74) is 8.62. The van der Waals surface area contributed by atoms with E-state index in [0.717, 1.165) is 24.3 Å². The molecule has 3 aromatic rings. The second-order valence-electron chi connectivity index (χ2n) is 7.20. The smallest absolute Gasteiger partial charge is 0.148 e. The van der Waals surface area contributed by atoms with E-state index in [2.05, 4.69) is 64.3 Å². The summed E-state index contributed by atoms with van der Waals surface area (Å²) in [6, 6.07) is 6.63.